The molecule has 2 aromatic carbocycles. The van der Waals surface area contributed by atoms with Gasteiger partial charge in [0.1, 0.15) is 12.2 Å². The molecule has 1 saturated carbocycles. The van der Waals surface area contributed by atoms with Crippen LogP contribution in [0.15, 0.2) is 48.6 Å². The van der Waals surface area contributed by atoms with Gasteiger partial charge in [-0.05, 0) is 54.5 Å². The fourth-order valence-electron chi connectivity index (χ4n) is 4.56. The lowest BCUT2D eigenvalue weighted by Crippen LogP contribution is -2.60. The molecule has 1 aliphatic carbocycles. The molecule has 3 atom stereocenters. The number of carbonyl (C=O) groups excluding carboxylic acids is 4. The third-order valence-electron chi connectivity index (χ3n) is 6.91. The summed E-state index contributed by atoms with van der Waals surface area (Å²) in [4.78, 5) is 62.5. The molecule has 0 spiro atoms. The molecule has 16 nitrogen and oxygen atoms in total. The summed E-state index contributed by atoms with van der Waals surface area (Å²) in [6, 6.07) is 7.21. The summed E-state index contributed by atoms with van der Waals surface area (Å²) in [6.45, 7) is 0.838. The number of rotatable bonds is 11. The van der Waals surface area contributed by atoms with Gasteiger partial charge in [-0.15, -0.1) is 0 Å². The number of aliphatic hydroxyl groups is 2. The molecular formula is C31H32O16. The molecule has 16 heteroatoms. The Hall–Kier alpha value is -5.61. The van der Waals surface area contributed by atoms with Crippen molar-refractivity contribution < 1.29 is 78.7 Å². The topological polar surface area (TPSA) is 264 Å². The number of benzene rings is 2. The third-order valence-corrected chi connectivity index (χ3v) is 6.91. The molecule has 47 heavy (non-hydrogen) atoms. The number of phenolic OH excluding ortho intramolecular Hbond substituents is 4. The van der Waals surface area contributed by atoms with Crippen LogP contribution in [-0.2, 0) is 42.9 Å². The number of aromatic hydroxyl groups is 4. The number of hydrogen-bond donors (Lipinski definition) is 7. The van der Waals surface area contributed by atoms with Gasteiger partial charge in [0.15, 0.2) is 40.3 Å². The Morgan fingerprint density at radius 3 is 1.64 bits per heavy atom. The predicted molar refractivity (Wildman–Crippen MR) is 156 cm³/mol. The van der Waals surface area contributed by atoms with Crippen molar-refractivity contribution in [2.45, 2.75) is 55.7 Å². The number of methoxy groups -OCH3 is 1. The Kier molecular flexibility index (Phi) is 11.2. The third kappa shape index (κ3) is 9.44. The Morgan fingerprint density at radius 1 is 0.809 bits per heavy atom. The monoisotopic (exact) mass is 660 g/mol. The highest BCUT2D eigenvalue weighted by Crippen LogP contribution is 2.36. The van der Waals surface area contributed by atoms with E-state index < -0.39 is 102 Å². The molecule has 1 fully saturated rings. The lowest BCUT2D eigenvalue weighted by molar-refractivity contribution is -0.220. The van der Waals surface area contributed by atoms with Crippen molar-refractivity contribution in [2.75, 3.05) is 7.11 Å². The molecule has 1 aliphatic rings. The lowest BCUT2D eigenvalue weighted by atomic mass is 9.79. The Morgan fingerprint density at radius 2 is 1.26 bits per heavy atom. The van der Waals surface area contributed by atoms with Crippen LogP contribution in [0.1, 0.15) is 37.3 Å². The van der Waals surface area contributed by atoms with Gasteiger partial charge in [0.2, 0.25) is 0 Å². The number of carboxylic acid groups (broad SMARTS) is 1. The minimum atomic E-state index is -2.62. The van der Waals surface area contributed by atoms with Crippen LogP contribution >= 0.6 is 0 Å². The summed E-state index contributed by atoms with van der Waals surface area (Å²) < 4.78 is 20.8. The number of aliphatic carboxylic acids is 1. The van der Waals surface area contributed by atoms with Gasteiger partial charge in [0.05, 0.1) is 13.5 Å². The highest BCUT2D eigenvalue weighted by molar-refractivity contribution is 5.89. The first-order valence-electron chi connectivity index (χ1n) is 13.7. The fraction of sp³-hybridized carbons (Fsp3) is 0.323. The minimum absolute atomic E-state index is 0.236. The molecule has 0 radical (unpaired) electrons. The molecule has 252 valence electrons. The maximum atomic E-state index is 12.9. The molecule has 0 aliphatic heterocycles. The van der Waals surface area contributed by atoms with Crippen molar-refractivity contribution in [1.82, 2.24) is 0 Å². The average Bonchev–Trinajstić information content (AvgIpc) is 2.98. The standard InChI is InChI=1S/C31H32O16/c1-30(42,15-24(36)37)28(40)47-27-22(45-25(38)9-5-16-3-7-18(32)20(34)11-16)13-31(43,29(41)44-2)14-23(27)46-26(39)10-6-17-4-8-19(33)21(35)12-17/h3-12,22-23,27,32-35,42-43H,13-15H2,1-2H3,(H,36,37)/t22-,23-,27?,30+,31?/m1/s1. The first-order chi connectivity index (χ1) is 21.9. The summed E-state index contributed by atoms with van der Waals surface area (Å²) in [7, 11) is 0.948. The van der Waals surface area contributed by atoms with Gasteiger partial charge in [0.25, 0.3) is 0 Å². The lowest BCUT2D eigenvalue weighted by Gasteiger charge is -2.43. The van der Waals surface area contributed by atoms with Crippen molar-refractivity contribution in [3.05, 3.63) is 59.7 Å². The second-order valence-electron chi connectivity index (χ2n) is 10.8. The zero-order valence-electron chi connectivity index (χ0n) is 24.9. The number of carboxylic acids is 1. The Labute approximate surface area is 266 Å². The second-order valence-corrected chi connectivity index (χ2v) is 10.8. The quantitative estimate of drug-likeness (QED) is 0.0763. The van der Waals surface area contributed by atoms with Crippen LogP contribution in [0.3, 0.4) is 0 Å². The highest BCUT2D eigenvalue weighted by Gasteiger charge is 2.55. The summed E-state index contributed by atoms with van der Waals surface area (Å²) in [5, 5.41) is 69.1. The van der Waals surface area contributed by atoms with Gasteiger partial charge >= 0.3 is 29.8 Å². The maximum Gasteiger partial charge on any atom is 0.338 e. The number of esters is 4. The highest BCUT2D eigenvalue weighted by atomic mass is 16.6. The Balaban J connectivity index is 1.97. The molecule has 0 saturated heterocycles. The van der Waals surface area contributed by atoms with E-state index in [1.807, 2.05) is 0 Å². The summed E-state index contributed by atoms with van der Waals surface area (Å²) in [5.74, 6) is -8.44. The van der Waals surface area contributed by atoms with E-state index in [9.17, 15) is 54.6 Å². The molecule has 0 bridgehead atoms. The molecular weight excluding hydrogens is 628 g/mol. The van der Waals surface area contributed by atoms with Crippen LogP contribution in [0.2, 0.25) is 0 Å². The zero-order valence-corrected chi connectivity index (χ0v) is 24.9. The number of ether oxygens (including phenoxy) is 4. The first-order valence-corrected chi connectivity index (χ1v) is 13.7. The van der Waals surface area contributed by atoms with Gasteiger partial charge in [-0.2, -0.15) is 0 Å². The van der Waals surface area contributed by atoms with E-state index in [4.69, 9.17) is 19.3 Å². The van der Waals surface area contributed by atoms with Gasteiger partial charge in [0, 0.05) is 25.0 Å². The van der Waals surface area contributed by atoms with E-state index in [0.29, 0.717) is 0 Å². The fourth-order valence-corrected chi connectivity index (χ4v) is 4.56. The molecule has 2 aromatic rings. The molecule has 7 N–H and O–H groups in total. The summed E-state index contributed by atoms with van der Waals surface area (Å²) >= 11 is 0. The van der Waals surface area contributed by atoms with Crippen molar-refractivity contribution in [2.24, 2.45) is 0 Å². The molecule has 0 unspecified atom stereocenters. The van der Waals surface area contributed by atoms with Crippen molar-refractivity contribution >= 4 is 42.0 Å². The SMILES string of the molecule is COC(=O)C1(O)C[C@@H](OC(=O)C=Cc2ccc(O)c(O)c2)C(OC(=O)[C@@](C)(O)CC(=O)O)[C@H](OC(=O)C=Cc2ccc(O)c(O)c2)C1. The van der Waals surface area contributed by atoms with Gasteiger partial charge in [-0.3, -0.25) is 4.79 Å². The molecule has 0 aromatic heterocycles. The van der Waals surface area contributed by atoms with Crippen molar-refractivity contribution in [1.29, 1.82) is 0 Å². The molecule has 0 heterocycles. The zero-order chi connectivity index (χ0) is 35.1. The molecule has 3 rings (SSSR count). The van der Waals surface area contributed by atoms with E-state index in [1.165, 1.54) is 24.3 Å². The largest absolute Gasteiger partial charge is 0.504 e. The van der Waals surface area contributed by atoms with Crippen LogP contribution in [0.25, 0.3) is 12.2 Å². The number of carbonyl (C=O) groups is 5. The van der Waals surface area contributed by atoms with Crippen LogP contribution in [-0.4, -0.2) is 102 Å². The van der Waals surface area contributed by atoms with E-state index >= 15 is 0 Å². The predicted octanol–water partition coefficient (Wildman–Crippen LogP) is 0.895. The number of phenols is 4. The van der Waals surface area contributed by atoms with E-state index in [-0.39, 0.29) is 11.1 Å². The normalized spacial score (nSPS) is 22.3. The van der Waals surface area contributed by atoms with Crippen LogP contribution in [0.4, 0.5) is 0 Å². The molecule has 0 amide bonds. The smallest absolute Gasteiger partial charge is 0.338 e. The van der Waals surface area contributed by atoms with Gasteiger partial charge in [-0.25, -0.2) is 19.2 Å². The van der Waals surface area contributed by atoms with Gasteiger partial charge in [-0.1, -0.05) is 12.1 Å². The van der Waals surface area contributed by atoms with E-state index in [1.54, 1.807) is 0 Å². The van der Waals surface area contributed by atoms with Crippen molar-refractivity contribution in [3.8, 4) is 23.0 Å². The second kappa shape index (κ2) is 14.7. The Bertz CT molecular complexity index is 1500. The van der Waals surface area contributed by atoms with Crippen LogP contribution in [0, 0.1) is 0 Å². The van der Waals surface area contributed by atoms with E-state index in [0.717, 1.165) is 50.5 Å². The average molecular weight is 661 g/mol. The first kappa shape index (κ1) is 35.9. The van der Waals surface area contributed by atoms with Crippen LogP contribution < -0.4 is 0 Å². The van der Waals surface area contributed by atoms with Gasteiger partial charge < -0.3 is 54.7 Å². The minimum Gasteiger partial charge on any atom is -0.504 e. The van der Waals surface area contributed by atoms with E-state index in [2.05, 4.69) is 4.74 Å². The van der Waals surface area contributed by atoms with Crippen molar-refractivity contribution in [3.63, 3.8) is 0 Å². The van der Waals surface area contributed by atoms with Crippen LogP contribution in [0.5, 0.6) is 23.0 Å². The summed E-state index contributed by atoms with van der Waals surface area (Å²) in [6.07, 6.45) is -3.96. The number of hydrogen-bond acceptors (Lipinski definition) is 15. The summed E-state index contributed by atoms with van der Waals surface area (Å²) in [5.41, 5.74) is -4.62. The maximum absolute atomic E-state index is 12.9.